The summed E-state index contributed by atoms with van der Waals surface area (Å²) in [6, 6.07) is 3.48. The summed E-state index contributed by atoms with van der Waals surface area (Å²) in [4.78, 5) is 12.7. The van der Waals surface area contributed by atoms with Crippen LogP contribution in [-0.4, -0.2) is 29.2 Å². The number of rotatable bonds is 3. The average molecular weight is 329 g/mol. The van der Waals surface area contributed by atoms with Gasteiger partial charge in [-0.05, 0) is 48.2 Å². The Bertz CT molecular complexity index is 493. The minimum absolute atomic E-state index is 0.103. The van der Waals surface area contributed by atoms with E-state index < -0.39 is 0 Å². The number of nitrogens with zero attached hydrogens (tertiary/aromatic N) is 2. The second-order valence-electron chi connectivity index (χ2n) is 4.87. The van der Waals surface area contributed by atoms with Crippen LogP contribution in [0.1, 0.15) is 24.8 Å². The Kier molecular flexibility index (Phi) is 4.42. The molecule has 1 aromatic carbocycles. The predicted molar refractivity (Wildman–Crippen MR) is 77.6 cm³/mol. The molecular formula is C13H17BrN2O3. The van der Waals surface area contributed by atoms with Gasteiger partial charge in [-0.3, -0.25) is 10.1 Å². The molecule has 0 saturated carbocycles. The minimum Gasteiger partial charge on any atom is -0.394 e. The van der Waals surface area contributed by atoms with Crippen molar-refractivity contribution in [1.29, 1.82) is 0 Å². The second-order valence-corrected chi connectivity index (χ2v) is 5.73. The van der Waals surface area contributed by atoms with Crippen LogP contribution in [0.4, 0.5) is 11.4 Å². The van der Waals surface area contributed by atoms with Crippen molar-refractivity contribution < 1.29 is 10.0 Å². The highest BCUT2D eigenvalue weighted by Crippen LogP contribution is 2.36. The lowest BCUT2D eigenvalue weighted by atomic mass is 10.0. The van der Waals surface area contributed by atoms with E-state index in [2.05, 4.69) is 20.8 Å². The van der Waals surface area contributed by atoms with Crippen molar-refractivity contribution in [3.05, 3.63) is 32.3 Å². The molecule has 0 radical (unpaired) electrons. The molecule has 1 saturated heterocycles. The van der Waals surface area contributed by atoms with E-state index in [-0.39, 0.29) is 23.3 Å². The second kappa shape index (κ2) is 5.88. The van der Waals surface area contributed by atoms with Crippen molar-refractivity contribution in [1.82, 2.24) is 0 Å². The van der Waals surface area contributed by atoms with Gasteiger partial charge in [-0.1, -0.05) is 0 Å². The summed E-state index contributed by atoms with van der Waals surface area (Å²) >= 11 is 3.41. The number of aliphatic hydroxyl groups excluding tert-OH is 1. The summed E-state index contributed by atoms with van der Waals surface area (Å²) in [5.74, 6) is 0. The van der Waals surface area contributed by atoms with Gasteiger partial charge in [-0.15, -0.1) is 0 Å². The molecule has 104 valence electrons. The fraction of sp³-hybridized carbons (Fsp3) is 0.538. The monoisotopic (exact) mass is 328 g/mol. The van der Waals surface area contributed by atoms with Crippen molar-refractivity contribution in [2.24, 2.45) is 0 Å². The first-order valence-corrected chi connectivity index (χ1v) is 7.16. The van der Waals surface area contributed by atoms with Crippen LogP contribution in [0.25, 0.3) is 0 Å². The highest BCUT2D eigenvalue weighted by molar-refractivity contribution is 9.10. The summed E-state index contributed by atoms with van der Waals surface area (Å²) in [6.07, 6.45) is 3.16. The number of halogens is 1. The lowest BCUT2D eigenvalue weighted by molar-refractivity contribution is -0.385. The molecule has 2 rings (SSSR count). The zero-order chi connectivity index (χ0) is 14.0. The number of anilines is 1. The molecule has 1 aliphatic rings. The summed E-state index contributed by atoms with van der Waals surface area (Å²) in [6.45, 7) is 2.73. The van der Waals surface area contributed by atoms with Crippen LogP contribution < -0.4 is 4.90 Å². The Hall–Kier alpha value is -1.14. The smallest absolute Gasteiger partial charge is 0.273 e. The first kappa shape index (κ1) is 14.3. The van der Waals surface area contributed by atoms with Gasteiger partial charge in [0.1, 0.15) is 0 Å². The molecule has 1 aliphatic heterocycles. The number of nitro benzene ring substituents is 1. The first-order chi connectivity index (χ1) is 9.04. The van der Waals surface area contributed by atoms with Crippen LogP contribution in [0.3, 0.4) is 0 Å². The Balaban J connectivity index is 2.39. The Morgan fingerprint density at radius 3 is 2.89 bits per heavy atom. The SMILES string of the molecule is Cc1cc(N2CCCCC2CO)c(Br)cc1[N+](=O)[O-]. The molecule has 5 nitrogen and oxygen atoms in total. The van der Waals surface area contributed by atoms with Crippen molar-refractivity contribution in [2.75, 3.05) is 18.1 Å². The third-order valence-corrected chi connectivity index (χ3v) is 4.24. The van der Waals surface area contributed by atoms with Gasteiger partial charge >= 0.3 is 0 Å². The number of nitro groups is 1. The summed E-state index contributed by atoms with van der Waals surface area (Å²) < 4.78 is 0.713. The summed E-state index contributed by atoms with van der Waals surface area (Å²) in [5.41, 5.74) is 1.69. The van der Waals surface area contributed by atoms with Crippen LogP contribution in [0.15, 0.2) is 16.6 Å². The molecule has 1 fully saturated rings. The number of benzene rings is 1. The molecule has 0 spiro atoms. The lowest BCUT2D eigenvalue weighted by Gasteiger charge is -2.37. The number of piperidine rings is 1. The predicted octanol–water partition coefficient (Wildman–Crippen LogP) is 3.02. The normalized spacial score (nSPS) is 19.5. The molecule has 19 heavy (non-hydrogen) atoms. The number of hydrogen-bond donors (Lipinski definition) is 1. The van der Waals surface area contributed by atoms with Crippen molar-refractivity contribution >= 4 is 27.3 Å². The third-order valence-electron chi connectivity index (χ3n) is 3.61. The van der Waals surface area contributed by atoms with Gasteiger partial charge in [0.25, 0.3) is 5.69 Å². The maximum atomic E-state index is 10.9. The van der Waals surface area contributed by atoms with Gasteiger partial charge in [0.2, 0.25) is 0 Å². The van der Waals surface area contributed by atoms with E-state index >= 15 is 0 Å². The molecule has 0 aromatic heterocycles. The Morgan fingerprint density at radius 1 is 1.53 bits per heavy atom. The largest absolute Gasteiger partial charge is 0.394 e. The van der Waals surface area contributed by atoms with E-state index in [1.165, 1.54) is 0 Å². The highest BCUT2D eigenvalue weighted by atomic mass is 79.9. The van der Waals surface area contributed by atoms with Crippen LogP contribution >= 0.6 is 15.9 Å². The van der Waals surface area contributed by atoms with E-state index in [0.29, 0.717) is 10.0 Å². The van der Waals surface area contributed by atoms with E-state index in [9.17, 15) is 15.2 Å². The van der Waals surface area contributed by atoms with Crippen molar-refractivity contribution in [3.63, 3.8) is 0 Å². The molecule has 1 unspecified atom stereocenters. The minimum atomic E-state index is -0.371. The van der Waals surface area contributed by atoms with Gasteiger partial charge in [0, 0.05) is 22.6 Å². The number of hydrogen-bond acceptors (Lipinski definition) is 4. The standard InChI is InChI=1S/C13H17BrN2O3/c1-9-6-13(11(14)7-12(9)16(18)19)15-5-3-2-4-10(15)8-17/h6-7,10,17H,2-5,8H2,1H3. The quantitative estimate of drug-likeness (QED) is 0.684. The van der Waals surface area contributed by atoms with Crippen LogP contribution in [0.5, 0.6) is 0 Å². The van der Waals surface area contributed by atoms with Crippen molar-refractivity contribution in [2.45, 2.75) is 32.2 Å². The topological polar surface area (TPSA) is 66.6 Å². The van der Waals surface area contributed by atoms with Crippen LogP contribution in [-0.2, 0) is 0 Å². The zero-order valence-electron chi connectivity index (χ0n) is 10.8. The highest BCUT2D eigenvalue weighted by Gasteiger charge is 2.25. The maximum Gasteiger partial charge on any atom is 0.273 e. The Labute approximate surface area is 120 Å². The molecule has 6 heteroatoms. The summed E-state index contributed by atoms with van der Waals surface area (Å²) in [7, 11) is 0. The fourth-order valence-electron chi connectivity index (χ4n) is 2.58. The van der Waals surface area contributed by atoms with Crippen molar-refractivity contribution in [3.8, 4) is 0 Å². The van der Waals surface area contributed by atoms with E-state index in [1.54, 1.807) is 13.0 Å². The van der Waals surface area contributed by atoms with Crippen LogP contribution in [0.2, 0.25) is 0 Å². The zero-order valence-corrected chi connectivity index (χ0v) is 12.4. The number of aliphatic hydroxyl groups is 1. The molecule has 1 N–H and O–H groups in total. The molecule has 1 atom stereocenters. The van der Waals surface area contributed by atoms with E-state index in [4.69, 9.17) is 0 Å². The molecule has 1 heterocycles. The van der Waals surface area contributed by atoms with Gasteiger partial charge in [-0.25, -0.2) is 0 Å². The third kappa shape index (κ3) is 2.90. The van der Waals surface area contributed by atoms with Gasteiger partial charge in [-0.2, -0.15) is 0 Å². The van der Waals surface area contributed by atoms with Gasteiger partial charge in [0.15, 0.2) is 0 Å². The Morgan fingerprint density at radius 2 is 2.26 bits per heavy atom. The van der Waals surface area contributed by atoms with Gasteiger partial charge < -0.3 is 10.0 Å². The maximum absolute atomic E-state index is 10.9. The fourth-order valence-corrected chi connectivity index (χ4v) is 3.14. The number of aryl methyl sites for hydroxylation is 1. The van der Waals surface area contributed by atoms with Gasteiger partial charge in [0.05, 0.1) is 23.3 Å². The average Bonchev–Trinajstić information content (AvgIpc) is 2.40. The molecular weight excluding hydrogens is 312 g/mol. The van der Waals surface area contributed by atoms with E-state index in [0.717, 1.165) is 31.5 Å². The first-order valence-electron chi connectivity index (χ1n) is 6.36. The molecule has 0 bridgehead atoms. The molecule has 0 amide bonds. The molecule has 0 aliphatic carbocycles. The lowest BCUT2D eigenvalue weighted by Crippen LogP contribution is -2.42. The van der Waals surface area contributed by atoms with Crippen LogP contribution in [0, 0.1) is 17.0 Å². The molecule has 1 aromatic rings. The summed E-state index contributed by atoms with van der Waals surface area (Å²) in [5, 5.41) is 20.4. The van der Waals surface area contributed by atoms with E-state index in [1.807, 2.05) is 6.07 Å².